The van der Waals surface area contributed by atoms with Crippen LogP contribution < -0.4 is 0 Å². The largest absolute Gasteiger partial charge is 0.472 e. The van der Waals surface area contributed by atoms with Crippen LogP contribution in [0.15, 0.2) is 0 Å². The number of carbonyl (C=O) groups is 4. The first-order chi connectivity index (χ1) is 46.2. The highest BCUT2D eigenvalue weighted by molar-refractivity contribution is 7.47. The third kappa shape index (κ3) is 65.4. The van der Waals surface area contributed by atoms with Gasteiger partial charge in [-0.25, -0.2) is 9.13 Å². The zero-order valence-corrected chi connectivity index (χ0v) is 64.8. The van der Waals surface area contributed by atoms with Gasteiger partial charge in [0, 0.05) is 25.7 Å². The Labute approximate surface area is 588 Å². The van der Waals surface area contributed by atoms with Gasteiger partial charge in [-0.2, -0.15) is 0 Å². The number of ether oxygens (including phenoxy) is 4. The van der Waals surface area contributed by atoms with E-state index in [-0.39, 0.29) is 25.7 Å². The Kier molecular flexibility index (Phi) is 65.0. The molecule has 0 aromatic carbocycles. The second kappa shape index (κ2) is 66.3. The molecule has 570 valence electrons. The highest BCUT2D eigenvalue weighted by Gasteiger charge is 2.30. The van der Waals surface area contributed by atoms with Crippen molar-refractivity contribution in [2.45, 2.75) is 408 Å². The van der Waals surface area contributed by atoms with Crippen LogP contribution in [0.1, 0.15) is 389 Å². The van der Waals surface area contributed by atoms with Crippen LogP contribution in [0.3, 0.4) is 0 Å². The second-order valence-corrected chi connectivity index (χ2v) is 31.6. The zero-order chi connectivity index (χ0) is 71.0. The molecule has 0 bridgehead atoms. The molecule has 6 unspecified atom stereocenters. The monoisotopic (exact) mass is 1410 g/mol. The van der Waals surface area contributed by atoms with Crippen LogP contribution in [-0.4, -0.2) is 96.7 Å². The summed E-state index contributed by atoms with van der Waals surface area (Å²) in [5.74, 6) is 1.01. The Morgan fingerprint density at radius 3 is 0.688 bits per heavy atom. The molecule has 96 heavy (non-hydrogen) atoms. The minimum absolute atomic E-state index is 0.102. The fourth-order valence-electron chi connectivity index (χ4n) is 11.6. The summed E-state index contributed by atoms with van der Waals surface area (Å²) in [6.07, 6.45) is 51.4. The first kappa shape index (κ1) is 94.1. The molecule has 0 radical (unpaired) electrons. The molecule has 0 amide bonds. The SMILES string of the molecule is CCC(C)CCCCCCCCCCCCCCCCCCCCC(=O)O[C@H](COC(=O)CCCCCCCCCCCCC(C)CC)COP(=O)(O)OC[C@@H](O)COP(=O)(O)OC[C@@H](COC(=O)CCCCCCCCC(C)CC)OC(=O)CCCCCCCCC(C)CC. The van der Waals surface area contributed by atoms with Gasteiger partial charge in [0.15, 0.2) is 12.2 Å². The predicted octanol–water partition coefficient (Wildman–Crippen LogP) is 22.4. The fourth-order valence-corrected chi connectivity index (χ4v) is 13.2. The number of hydrogen-bond donors (Lipinski definition) is 3. The maximum atomic E-state index is 13.1. The Morgan fingerprint density at radius 1 is 0.281 bits per heavy atom. The average molecular weight is 1410 g/mol. The average Bonchev–Trinajstić information content (AvgIpc) is 1.67. The Bertz CT molecular complexity index is 1890. The number of hydrogen-bond acceptors (Lipinski definition) is 15. The minimum Gasteiger partial charge on any atom is -0.462 e. The molecule has 0 aromatic heterocycles. The van der Waals surface area contributed by atoms with Crippen LogP contribution in [0.2, 0.25) is 0 Å². The topological polar surface area (TPSA) is 237 Å². The number of carbonyl (C=O) groups excluding carboxylic acids is 4. The molecule has 3 N–H and O–H groups in total. The van der Waals surface area contributed by atoms with Crippen molar-refractivity contribution in [3.05, 3.63) is 0 Å². The predicted molar refractivity (Wildman–Crippen MR) is 391 cm³/mol. The fraction of sp³-hybridized carbons (Fsp3) is 0.948. The number of rotatable bonds is 74. The third-order valence-corrected chi connectivity index (χ3v) is 21.2. The van der Waals surface area contributed by atoms with Gasteiger partial charge in [0.2, 0.25) is 0 Å². The van der Waals surface area contributed by atoms with Gasteiger partial charge >= 0.3 is 39.5 Å². The van der Waals surface area contributed by atoms with Crippen molar-refractivity contribution in [2.75, 3.05) is 39.6 Å². The summed E-state index contributed by atoms with van der Waals surface area (Å²) in [6.45, 7) is 14.2. The molecule has 0 heterocycles. The van der Waals surface area contributed by atoms with Gasteiger partial charge in [-0.05, 0) is 49.4 Å². The Hall–Kier alpha value is -1.94. The normalized spacial score (nSPS) is 15.2. The van der Waals surface area contributed by atoms with Crippen molar-refractivity contribution < 1.29 is 80.2 Å². The molecular weight excluding hydrogens is 1260 g/mol. The van der Waals surface area contributed by atoms with Crippen LogP contribution in [0.4, 0.5) is 0 Å². The van der Waals surface area contributed by atoms with Crippen LogP contribution >= 0.6 is 15.6 Å². The van der Waals surface area contributed by atoms with E-state index in [0.717, 1.165) is 120 Å². The summed E-state index contributed by atoms with van der Waals surface area (Å²) < 4.78 is 68.5. The molecule has 0 aliphatic rings. The first-order valence-corrected chi connectivity index (χ1v) is 42.8. The number of phosphoric acid groups is 2. The third-order valence-electron chi connectivity index (χ3n) is 19.3. The molecule has 0 aliphatic carbocycles. The minimum atomic E-state index is -4.96. The quantitative estimate of drug-likeness (QED) is 0.0222. The van der Waals surface area contributed by atoms with E-state index in [0.29, 0.717) is 25.7 Å². The molecule has 0 rings (SSSR count). The van der Waals surface area contributed by atoms with Crippen LogP contribution in [0.25, 0.3) is 0 Å². The van der Waals surface area contributed by atoms with E-state index in [2.05, 4.69) is 55.4 Å². The number of esters is 4. The Morgan fingerprint density at radius 2 is 0.469 bits per heavy atom. The number of unbranched alkanes of at least 4 members (excludes halogenated alkanes) is 36. The van der Waals surface area contributed by atoms with E-state index in [1.165, 1.54) is 186 Å². The lowest BCUT2D eigenvalue weighted by Gasteiger charge is -2.21. The molecular formula is C77H150O17P2. The molecule has 0 spiro atoms. The van der Waals surface area contributed by atoms with E-state index in [4.69, 9.17) is 37.0 Å². The molecule has 19 heteroatoms. The molecule has 0 fully saturated rings. The van der Waals surface area contributed by atoms with E-state index < -0.39 is 97.5 Å². The zero-order valence-electron chi connectivity index (χ0n) is 63.0. The van der Waals surface area contributed by atoms with Gasteiger partial charge in [-0.1, -0.05) is 338 Å². The van der Waals surface area contributed by atoms with E-state index in [9.17, 15) is 43.2 Å². The molecule has 9 atom stereocenters. The molecule has 17 nitrogen and oxygen atoms in total. The van der Waals surface area contributed by atoms with Crippen molar-refractivity contribution >= 4 is 39.5 Å². The van der Waals surface area contributed by atoms with Crippen LogP contribution in [0.5, 0.6) is 0 Å². The number of aliphatic hydroxyl groups is 1. The second-order valence-electron chi connectivity index (χ2n) is 28.7. The number of aliphatic hydroxyl groups excluding tert-OH is 1. The Balaban J connectivity index is 5.20. The van der Waals surface area contributed by atoms with Gasteiger partial charge in [-0.3, -0.25) is 37.3 Å². The summed E-state index contributed by atoms with van der Waals surface area (Å²) in [6, 6.07) is 0. The molecule has 0 aromatic rings. The van der Waals surface area contributed by atoms with E-state index in [1.54, 1.807) is 0 Å². The molecule has 0 saturated carbocycles. The maximum Gasteiger partial charge on any atom is 0.472 e. The summed E-state index contributed by atoms with van der Waals surface area (Å²) in [7, 11) is -9.91. The number of phosphoric ester groups is 2. The summed E-state index contributed by atoms with van der Waals surface area (Å²) in [4.78, 5) is 72.8. The van der Waals surface area contributed by atoms with Crippen LogP contribution in [0, 0.1) is 23.7 Å². The first-order valence-electron chi connectivity index (χ1n) is 39.9. The molecule has 0 aliphatic heterocycles. The van der Waals surface area contributed by atoms with Crippen molar-refractivity contribution in [1.29, 1.82) is 0 Å². The summed E-state index contributed by atoms with van der Waals surface area (Å²) >= 11 is 0. The lowest BCUT2D eigenvalue weighted by molar-refractivity contribution is -0.161. The smallest absolute Gasteiger partial charge is 0.462 e. The van der Waals surface area contributed by atoms with Gasteiger partial charge < -0.3 is 33.8 Å². The van der Waals surface area contributed by atoms with E-state index >= 15 is 0 Å². The van der Waals surface area contributed by atoms with Gasteiger partial charge in [0.1, 0.15) is 19.3 Å². The lowest BCUT2D eigenvalue weighted by Crippen LogP contribution is -2.30. The maximum absolute atomic E-state index is 13.1. The van der Waals surface area contributed by atoms with E-state index in [1.807, 2.05) is 0 Å². The van der Waals surface area contributed by atoms with Crippen molar-refractivity contribution in [3.63, 3.8) is 0 Å². The highest BCUT2D eigenvalue weighted by atomic mass is 31.2. The van der Waals surface area contributed by atoms with Gasteiger partial charge in [-0.15, -0.1) is 0 Å². The summed E-state index contributed by atoms with van der Waals surface area (Å²) in [5.41, 5.74) is 0. The van der Waals surface area contributed by atoms with Gasteiger partial charge in [0.25, 0.3) is 0 Å². The standard InChI is InChI=1S/C77H150O17P2/c1-9-67(5)53-45-37-29-25-21-19-17-15-13-14-16-18-20-22-28-32-43-51-59-76(81)93-72(63-87-74(79)57-49-41-31-27-24-23-26-30-38-46-54-68(6)10-2)65-91-95(83,84)89-61-71(78)62-90-96(85,86)92-66-73(94-77(82)60-52-44-36-34-40-48-56-70(8)12-4)64-88-75(80)58-50-42-35-33-39-47-55-69(7)11-3/h67-73,78H,9-66H2,1-8H3,(H,83,84)(H,85,86)/t67?,68?,69?,70?,71-,72-,73-/m1/s1. The lowest BCUT2D eigenvalue weighted by atomic mass is 9.99. The summed E-state index contributed by atoms with van der Waals surface area (Å²) in [5, 5.41) is 10.6. The highest BCUT2D eigenvalue weighted by Crippen LogP contribution is 2.45. The van der Waals surface area contributed by atoms with Crippen molar-refractivity contribution in [1.82, 2.24) is 0 Å². The molecule has 0 saturated heterocycles. The van der Waals surface area contributed by atoms with Crippen LogP contribution in [-0.2, 0) is 65.4 Å². The van der Waals surface area contributed by atoms with Crippen molar-refractivity contribution in [3.8, 4) is 0 Å². The van der Waals surface area contributed by atoms with Gasteiger partial charge in [0.05, 0.1) is 26.4 Å². The van der Waals surface area contributed by atoms with Crippen molar-refractivity contribution in [2.24, 2.45) is 23.7 Å².